The molecule has 2 amide bonds. The molecule has 2 N–H and O–H groups in total. The zero-order chi connectivity index (χ0) is 15.0. The highest BCUT2D eigenvalue weighted by Gasteiger charge is 2.38. The van der Waals surface area contributed by atoms with E-state index in [0.717, 1.165) is 12.8 Å². The number of alkyl halides is 3. The van der Waals surface area contributed by atoms with Gasteiger partial charge < -0.3 is 10.6 Å². The smallest absolute Gasteiger partial charge is 0.352 e. The molecular weight excluding hydrogens is 273 g/mol. The minimum absolute atomic E-state index is 0.120. The first-order chi connectivity index (χ1) is 9.39. The first-order valence-electron chi connectivity index (χ1n) is 6.70. The number of rotatable bonds is 6. The third kappa shape index (κ3) is 6.58. The Bertz CT molecular complexity index is 361. The summed E-state index contributed by atoms with van der Waals surface area (Å²) in [5.74, 6) is -1.74. The van der Waals surface area contributed by atoms with Crippen molar-refractivity contribution in [3.05, 3.63) is 12.2 Å². The van der Waals surface area contributed by atoms with Gasteiger partial charge in [-0.05, 0) is 31.3 Å². The van der Waals surface area contributed by atoms with Crippen LogP contribution in [0.25, 0.3) is 0 Å². The number of nitrogens with one attached hydrogen (secondary N) is 2. The summed E-state index contributed by atoms with van der Waals surface area (Å²) < 4.78 is 35.5. The van der Waals surface area contributed by atoms with E-state index in [1.165, 1.54) is 18.9 Å². The monoisotopic (exact) mass is 292 g/mol. The summed E-state index contributed by atoms with van der Waals surface area (Å²) in [6.07, 6.45) is 3.35. The van der Waals surface area contributed by atoms with Crippen molar-refractivity contribution in [3.63, 3.8) is 0 Å². The first kappa shape index (κ1) is 16.5. The zero-order valence-corrected chi connectivity index (χ0v) is 11.1. The fourth-order valence-electron chi connectivity index (χ4n) is 2.03. The standard InChI is InChI=1S/C13H19F3N2O2/c14-13(15,16)12(20)18-9-3-8-17-11(19)7-6-10-4-1-2-5-10/h6-7,10H,1-5,8-9H2,(H,17,19)(H,18,20)/b7-6+. The van der Waals surface area contributed by atoms with Crippen LogP contribution in [0.3, 0.4) is 0 Å². The quantitative estimate of drug-likeness (QED) is 0.580. The number of hydrogen-bond donors (Lipinski definition) is 2. The SMILES string of the molecule is O=C(/C=C/C1CCCC1)NCCCNC(=O)C(F)(F)F. The Labute approximate surface area is 115 Å². The highest BCUT2D eigenvalue weighted by Crippen LogP contribution is 2.25. The number of amides is 2. The van der Waals surface area contributed by atoms with Crippen molar-refractivity contribution in [2.24, 2.45) is 5.92 Å². The Balaban J connectivity index is 2.06. The van der Waals surface area contributed by atoms with E-state index in [1.54, 1.807) is 5.32 Å². The van der Waals surface area contributed by atoms with Crippen molar-refractivity contribution in [1.29, 1.82) is 0 Å². The lowest BCUT2D eigenvalue weighted by Gasteiger charge is -2.07. The van der Waals surface area contributed by atoms with Gasteiger partial charge in [-0.1, -0.05) is 18.9 Å². The summed E-state index contributed by atoms with van der Waals surface area (Å²) in [5.41, 5.74) is 0. The van der Waals surface area contributed by atoms with Crippen molar-refractivity contribution >= 4 is 11.8 Å². The second-order valence-electron chi connectivity index (χ2n) is 4.80. The van der Waals surface area contributed by atoms with Gasteiger partial charge in [0.1, 0.15) is 0 Å². The second-order valence-corrected chi connectivity index (χ2v) is 4.80. The maximum absolute atomic E-state index is 11.8. The van der Waals surface area contributed by atoms with Gasteiger partial charge in [0, 0.05) is 13.1 Å². The predicted molar refractivity (Wildman–Crippen MR) is 67.8 cm³/mol. The lowest BCUT2D eigenvalue weighted by molar-refractivity contribution is -0.173. The van der Waals surface area contributed by atoms with Crippen LogP contribution in [0.15, 0.2) is 12.2 Å². The van der Waals surface area contributed by atoms with Gasteiger partial charge in [-0.3, -0.25) is 9.59 Å². The van der Waals surface area contributed by atoms with Crippen LogP contribution in [-0.4, -0.2) is 31.1 Å². The average Bonchev–Trinajstić information content (AvgIpc) is 2.87. The molecule has 0 atom stereocenters. The molecule has 114 valence electrons. The molecule has 1 aliphatic carbocycles. The Morgan fingerprint density at radius 2 is 1.70 bits per heavy atom. The number of carbonyl (C=O) groups is 2. The van der Waals surface area contributed by atoms with E-state index >= 15 is 0 Å². The van der Waals surface area contributed by atoms with E-state index in [4.69, 9.17) is 0 Å². The summed E-state index contributed by atoms with van der Waals surface area (Å²) >= 11 is 0. The molecule has 0 radical (unpaired) electrons. The van der Waals surface area contributed by atoms with Gasteiger partial charge in [-0.25, -0.2) is 0 Å². The number of hydrogen-bond acceptors (Lipinski definition) is 2. The summed E-state index contributed by atoms with van der Waals surface area (Å²) in [6.45, 7) is 0.108. The molecule has 1 aliphatic rings. The molecule has 0 aromatic heterocycles. The summed E-state index contributed by atoms with van der Waals surface area (Å²) in [7, 11) is 0. The first-order valence-corrected chi connectivity index (χ1v) is 6.70. The van der Waals surface area contributed by atoms with Crippen LogP contribution in [0.1, 0.15) is 32.1 Å². The van der Waals surface area contributed by atoms with Crippen LogP contribution in [0.5, 0.6) is 0 Å². The highest BCUT2D eigenvalue weighted by atomic mass is 19.4. The number of allylic oxidation sites excluding steroid dienone is 1. The predicted octanol–water partition coefficient (Wildman–Crippen LogP) is 1.92. The Morgan fingerprint density at radius 3 is 2.30 bits per heavy atom. The lowest BCUT2D eigenvalue weighted by atomic mass is 10.1. The molecule has 1 fully saturated rings. The van der Waals surface area contributed by atoms with Crippen LogP contribution in [0, 0.1) is 5.92 Å². The van der Waals surface area contributed by atoms with Crippen molar-refractivity contribution in [3.8, 4) is 0 Å². The van der Waals surface area contributed by atoms with Gasteiger partial charge in [-0.2, -0.15) is 13.2 Å². The molecule has 7 heteroatoms. The van der Waals surface area contributed by atoms with E-state index in [2.05, 4.69) is 5.32 Å². The molecule has 4 nitrogen and oxygen atoms in total. The molecule has 0 saturated heterocycles. The highest BCUT2D eigenvalue weighted by molar-refractivity contribution is 5.87. The molecule has 1 saturated carbocycles. The van der Waals surface area contributed by atoms with Crippen LogP contribution in [-0.2, 0) is 9.59 Å². The molecule has 0 aromatic rings. The van der Waals surface area contributed by atoms with Gasteiger partial charge in [0.2, 0.25) is 5.91 Å². The van der Waals surface area contributed by atoms with Crippen molar-refractivity contribution in [2.75, 3.05) is 13.1 Å². The van der Waals surface area contributed by atoms with Gasteiger partial charge in [0.25, 0.3) is 0 Å². The summed E-state index contributed by atoms with van der Waals surface area (Å²) in [5, 5.41) is 4.30. The van der Waals surface area contributed by atoms with Crippen molar-refractivity contribution in [2.45, 2.75) is 38.3 Å². The largest absolute Gasteiger partial charge is 0.471 e. The van der Waals surface area contributed by atoms with Gasteiger partial charge in [-0.15, -0.1) is 0 Å². The molecule has 20 heavy (non-hydrogen) atoms. The Kier molecular flexibility index (Phi) is 6.54. The number of halogens is 3. The fraction of sp³-hybridized carbons (Fsp3) is 0.692. The molecule has 0 heterocycles. The molecule has 0 spiro atoms. The van der Waals surface area contributed by atoms with E-state index in [0.29, 0.717) is 5.92 Å². The third-order valence-electron chi connectivity index (χ3n) is 3.12. The maximum Gasteiger partial charge on any atom is 0.471 e. The Hall–Kier alpha value is -1.53. The van der Waals surface area contributed by atoms with Crippen LogP contribution >= 0.6 is 0 Å². The molecule has 0 unspecified atom stereocenters. The van der Waals surface area contributed by atoms with Gasteiger partial charge in [0.15, 0.2) is 0 Å². The maximum atomic E-state index is 11.8. The van der Waals surface area contributed by atoms with Gasteiger partial charge in [0.05, 0.1) is 0 Å². The average molecular weight is 292 g/mol. The molecule has 0 aromatic carbocycles. The van der Waals surface area contributed by atoms with Crippen LogP contribution in [0.2, 0.25) is 0 Å². The zero-order valence-electron chi connectivity index (χ0n) is 11.1. The minimum atomic E-state index is -4.85. The van der Waals surface area contributed by atoms with E-state index < -0.39 is 12.1 Å². The lowest BCUT2D eigenvalue weighted by Crippen LogP contribution is -2.38. The van der Waals surface area contributed by atoms with Gasteiger partial charge >= 0.3 is 12.1 Å². The second kappa shape index (κ2) is 7.91. The Morgan fingerprint density at radius 1 is 1.10 bits per heavy atom. The normalized spacial score (nSPS) is 16.6. The van der Waals surface area contributed by atoms with Crippen molar-refractivity contribution < 1.29 is 22.8 Å². The van der Waals surface area contributed by atoms with E-state index in [1.807, 2.05) is 6.08 Å². The van der Waals surface area contributed by atoms with Crippen LogP contribution < -0.4 is 10.6 Å². The van der Waals surface area contributed by atoms with E-state index in [-0.39, 0.29) is 25.4 Å². The topological polar surface area (TPSA) is 58.2 Å². The third-order valence-corrected chi connectivity index (χ3v) is 3.12. The summed E-state index contributed by atoms with van der Waals surface area (Å²) in [4.78, 5) is 21.9. The minimum Gasteiger partial charge on any atom is -0.352 e. The number of carbonyl (C=O) groups excluding carboxylic acids is 2. The summed E-state index contributed by atoms with van der Waals surface area (Å²) in [6, 6.07) is 0. The van der Waals surface area contributed by atoms with Crippen molar-refractivity contribution in [1.82, 2.24) is 10.6 Å². The molecular formula is C13H19F3N2O2. The fourth-order valence-corrected chi connectivity index (χ4v) is 2.03. The molecule has 1 rings (SSSR count). The van der Waals surface area contributed by atoms with Crippen LogP contribution in [0.4, 0.5) is 13.2 Å². The van der Waals surface area contributed by atoms with E-state index in [9.17, 15) is 22.8 Å². The molecule has 0 aliphatic heterocycles. The molecule has 0 bridgehead atoms.